The maximum absolute atomic E-state index is 11.6. The molecule has 1 fully saturated rings. The van der Waals surface area contributed by atoms with E-state index in [1.165, 1.54) is 6.20 Å². The van der Waals surface area contributed by atoms with Crippen LogP contribution in [-0.2, 0) is 4.74 Å². The molecule has 0 saturated carbocycles. The van der Waals surface area contributed by atoms with Crippen LogP contribution in [0.1, 0.15) is 6.23 Å². The van der Waals surface area contributed by atoms with Crippen molar-refractivity contribution in [1.29, 1.82) is 0 Å². The highest BCUT2D eigenvalue weighted by molar-refractivity contribution is 5.72. The molecule has 0 spiro atoms. The number of fused-ring (bicyclic) bond motifs is 1. The summed E-state index contributed by atoms with van der Waals surface area (Å²) in [4.78, 5) is 27.1. The van der Waals surface area contributed by atoms with Gasteiger partial charge in [0.05, 0.1) is 6.61 Å². The number of ether oxygens (including phenoxy) is 1. The van der Waals surface area contributed by atoms with Crippen molar-refractivity contribution in [3.8, 4) is 0 Å². The molecule has 2 aromatic heterocycles. The Labute approximate surface area is 110 Å². The van der Waals surface area contributed by atoms with Crippen molar-refractivity contribution in [1.82, 2.24) is 19.7 Å². The van der Waals surface area contributed by atoms with Gasteiger partial charge in [-0.05, 0) is 0 Å². The van der Waals surface area contributed by atoms with Crippen LogP contribution in [0.5, 0.6) is 0 Å². The predicted octanol–water partition coefficient (Wildman–Crippen LogP) is -2.98. The normalized spacial score (nSPS) is 30.1. The molecule has 0 radical (unpaired) electrons. The van der Waals surface area contributed by atoms with Crippen molar-refractivity contribution in [2.24, 2.45) is 0 Å². The van der Waals surface area contributed by atoms with Gasteiger partial charge in [0.25, 0.3) is 5.56 Å². The zero-order valence-corrected chi connectivity index (χ0v) is 10.1. The molecule has 5 N–H and O–H groups in total. The number of aromatic nitrogens is 4. The summed E-state index contributed by atoms with van der Waals surface area (Å²) in [6, 6.07) is 0. The zero-order chi connectivity index (χ0) is 14.4. The topological polar surface area (TPSA) is 153 Å². The number of nitrogens with zero attached hydrogens (tertiary/aromatic N) is 2. The first-order valence-corrected chi connectivity index (χ1v) is 5.85. The highest BCUT2D eigenvalue weighted by atomic mass is 16.6. The maximum Gasteiger partial charge on any atom is 0.327 e. The lowest BCUT2D eigenvalue weighted by Gasteiger charge is -2.14. The smallest absolute Gasteiger partial charge is 0.327 e. The molecule has 3 heterocycles. The number of aromatic amines is 2. The second-order valence-electron chi connectivity index (χ2n) is 4.51. The van der Waals surface area contributed by atoms with Gasteiger partial charge in [0, 0.05) is 6.20 Å². The van der Waals surface area contributed by atoms with Gasteiger partial charge < -0.3 is 20.1 Å². The minimum atomic E-state index is -1.31. The van der Waals surface area contributed by atoms with E-state index < -0.39 is 42.4 Å². The summed E-state index contributed by atoms with van der Waals surface area (Å²) in [5, 5.41) is 32.6. The van der Waals surface area contributed by atoms with E-state index in [4.69, 9.17) is 9.84 Å². The Kier molecular flexibility index (Phi) is 2.94. The first-order valence-electron chi connectivity index (χ1n) is 5.85. The molecule has 20 heavy (non-hydrogen) atoms. The predicted molar refractivity (Wildman–Crippen MR) is 64.0 cm³/mol. The van der Waals surface area contributed by atoms with Crippen LogP contribution in [0.4, 0.5) is 0 Å². The van der Waals surface area contributed by atoms with E-state index in [2.05, 4.69) is 10.1 Å². The third-order valence-corrected chi connectivity index (χ3v) is 3.21. The first-order chi connectivity index (χ1) is 9.51. The molecular weight excluding hydrogens is 272 g/mol. The van der Waals surface area contributed by atoms with Crippen LogP contribution in [0.15, 0.2) is 15.8 Å². The van der Waals surface area contributed by atoms with Crippen LogP contribution in [0.25, 0.3) is 11.0 Å². The number of aliphatic hydroxyl groups excluding tert-OH is 3. The van der Waals surface area contributed by atoms with Crippen LogP contribution in [-0.4, -0.2) is 60.0 Å². The molecule has 0 bridgehead atoms. The summed E-state index contributed by atoms with van der Waals surface area (Å²) in [7, 11) is 0. The minimum Gasteiger partial charge on any atom is -0.394 e. The Bertz CT molecular complexity index is 748. The van der Waals surface area contributed by atoms with Gasteiger partial charge in [0.2, 0.25) is 0 Å². The number of H-pyrrole nitrogens is 2. The van der Waals surface area contributed by atoms with Crippen LogP contribution >= 0.6 is 0 Å². The minimum absolute atomic E-state index is 0.0384. The Morgan fingerprint density at radius 1 is 1.30 bits per heavy atom. The first kappa shape index (κ1) is 13.0. The highest BCUT2D eigenvalue weighted by Gasteiger charge is 2.43. The number of rotatable bonds is 2. The molecule has 108 valence electrons. The Morgan fingerprint density at radius 2 is 2.05 bits per heavy atom. The lowest BCUT2D eigenvalue weighted by atomic mass is 10.1. The van der Waals surface area contributed by atoms with Gasteiger partial charge >= 0.3 is 5.69 Å². The summed E-state index contributed by atoms with van der Waals surface area (Å²) in [6.45, 7) is -0.465. The Balaban J connectivity index is 2.05. The molecule has 1 aliphatic rings. The average Bonchev–Trinajstić information content (AvgIpc) is 2.93. The van der Waals surface area contributed by atoms with E-state index in [0.29, 0.717) is 0 Å². The molecule has 0 amide bonds. The fourth-order valence-corrected chi connectivity index (χ4v) is 2.19. The van der Waals surface area contributed by atoms with Crippen LogP contribution in [0, 0.1) is 0 Å². The van der Waals surface area contributed by atoms with Crippen LogP contribution in [0.2, 0.25) is 0 Å². The van der Waals surface area contributed by atoms with Crippen LogP contribution < -0.4 is 11.2 Å². The second-order valence-corrected chi connectivity index (χ2v) is 4.51. The molecule has 0 unspecified atom stereocenters. The van der Waals surface area contributed by atoms with E-state index in [9.17, 15) is 19.8 Å². The molecular formula is C10H12N4O6. The molecule has 10 heteroatoms. The summed E-state index contributed by atoms with van der Waals surface area (Å²) in [5.74, 6) is 0. The molecule has 0 aromatic carbocycles. The van der Waals surface area contributed by atoms with E-state index in [1.807, 2.05) is 4.98 Å². The molecule has 4 atom stereocenters. The van der Waals surface area contributed by atoms with Crippen molar-refractivity contribution >= 4 is 11.0 Å². The molecule has 1 saturated heterocycles. The molecule has 1 aliphatic heterocycles. The van der Waals surface area contributed by atoms with Gasteiger partial charge in [0.1, 0.15) is 23.7 Å². The van der Waals surface area contributed by atoms with Crippen molar-refractivity contribution in [3.05, 3.63) is 27.0 Å². The Hall–Kier alpha value is -2.01. The van der Waals surface area contributed by atoms with Gasteiger partial charge in [0.15, 0.2) is 11.9 Å². The van der Waals surface area contributed by atoms with Crippen molar-refractivity contribution in [2.45, 2.75) is 24.5 Å². The summed E-state index contributed by atoms with van der Waals surface area (Å²) >= 11 is 0. The van der Waals surface area contributed by atoms with Crippen molar-refractivity contribution in [2.75, 3.05) is 6.61 Å². The van der Waals surface area contributed by atoms with Crippen molar-refractivity contribution in [3.63, 3.8) is 0 Å². The third-order valence-electron chi connectivity index (χ3n) is 3.21. The van der Waals surface area contributed by atoms with Gasteiger partial charge in [-0.1, -0.05) is 0 Å². The number of hydrogen-bond acceptors (Lipinski definition) is 7. The highest BCUT2D eigenvalue weighted by Crippen LogP contribution is 2.29. The number of nitrogens with one attached hydrogen (secondary N) is 2. The average molecular weight is 284 g/mol. The zero-order valence-electron chi connectivity index (χ0n) is 10.1. The van der Waals surface area contributed by atoms with Crippen molar-refractivity contribution < 1.29 is 20.1 Å². The van der Waals surface area contributed by atoms with Gasteiger partial charge in [-0.25, -0.2) is 9.48 Å². The number of aliphatic hydroxyl groups is 3. The van der Waals surface area contributed by atoms with Gasteiger partial charge in [-0.15, -0.1) is 0 Å². The largest absolute Gasteiger partial charge is 0.394 e. The quantitative estimate of drug-likeness (QED) is 0.394. The van der Waals surface area contributed by atoms with E-state index >= 15 is 0 Å². The SMILES string of the molecule is O=c1[nH]c(=O)c2cn([C@@H]3O[C@H](CO)[C@@H](O)[C@@H]3O)nc2[nH]1. The molecule has 0 aliphatic carbocycles. The maximum atomic E-state index is 11.6. The Morgan fingerprint density at radius 3 is 2.70 bits per heavy atom. The van der Waals surface area contributed by atoms with E-state index in [-0.39, 0.29) is 11.0 Å². The van der Waals surface area contributed by atoms with Gasteiger partial charge in [-0.3, -0.25) is 14.8 Å². The number of hydrogen-bond donors (Lipinski definition) is 5. The van der Waals surface area contributed by atoms with Crippen LogP contribution in [0.3, 0.4) is 0 Å². The molecule has 2 aromatic rings. The molecule has 3 rings (SSSR count). The monoisotopic (exact) mass is 284 g/mol. The third kappa shape index (κ3) is 1.86. The summed E-state index contributed by atoms with van der Waals surface area (Å²) in [6.07, 6.45) is -3.30. The molecule has 10 nitrogen and oxygen atoms in total. The lowest BCUT2D eigenvalue weighted by molar-refractivity contribution is -0.0583. The van der Waals surface area contributed by atoms with E-state index in [0.717, 1.165) is 4.68 Å². The fourth-order valence-electron chi connectivity index (χ4n) is 2.19. The van der Waals surface area contributed by atoms with E-state index in [1.54, 1.807) is 0 Å². The summed E-state index contributed by atoms with van der Waals surface area (Å²) in [5.41, 5.74) is -1.29. The standard InChI is InChI=1S/C10H12N4O6/c15-2-4-5(16)6(17)9(20-4)14-1-3-7(13-14)11-10(19)12-8(3)18/h1,4-6,9,15-17H,2H2,(H2,11,12,13,18,19)/t4-,5-,6+,9-/m1/s1. The second kappa shape index (κ2) is 4.52. The summed E-state index contributed by atoms with van der Waals surface area (Å²) < 4.78 is 6.39. The lowest BCUT2D eigenvalue weighted by Crippen LogP contribution is -2.33. The fraction of sp³-hybridized carbons (Fsp3) is 0.500. The van der Waals surface area contributed by atoms with Gasteiger partial charge in [-0.2, -0.15) is 5.10 Å².